The summed E-state index contributed by atoms with van der Waals surface area (Å²) in [6.07, 6.45) is 3.79. The van der Waals surface area contributed by atoms with E-state index in [4.69, 9.17) is 16.3 Å². The Balaban J connectivity index is 1.64. The van der Waals surface area contributed by atoms with Gasteiger partial charge in [-0.15, -0.1) is 0 Å². The highest BCUT2D eigenvalue weighted by atomic mass is 35.5. The molecule has 0 radical (unpaired) electrons. The molecule has 3 heteroatoms. The Bertz CT molecular complexity index is 337. The maximum atomic E-state index is 6.06. The van der Waals surface area contributed by atoms with Gasteiger partial charge in [-0.1, -0.05) is 29.8 Å². The average molecular weight is 254 g/mol. The lowest BCUT2D eigenvalue weighted by molar-refractivity contribution is 0.103. The molecule has 1 atom stereocenters. The molecule has 2 nitrogen and oxygen atoms in total. The third-order valence-electron chi connectivity index (χ3n) is 3.28. The molecule has 94 valence electrons. The minimum absolute atomic E-state index is 0.625. The molecule has 1 heterocycles. The van der Waals surface area contributed by atoms with E-state index < -0.39 is 0 Å². The summed E-state index contributed by atoms with van der Waals surface area (Å²) < 4.78 is 5.69. The number of halogens is 1. The maximum Gasteiger partial charge on any atom is 0.0731 e. The topological polar surface area (TPSA) is 21.3 Å². The molecule has 1 aromatic rings. The van der Waals surface area contributed by atoms with E-state index in [9.17, 15) is 0 Å². The van der Waals surface area contributed by atoms with Crippen molar-refractivity contribution in [1.29, 1.82) is 0 Å². The maximum absolute atomic E-state index is 6.06. The van der Waals surface area contributed by atoms with Crippen molar-refractivity contribution < 1.29 is 4.74 Å². The summed E-state index contributed by atoms with van der Waals surface area (Å²) >= 11 is 6.06. The Hall–Kier alpha value is -0.570. The molecule has 2 rings (SSSR count). The van der Waals surface area contributed by atoms with Gasteiger partial charge in [0.05, 0.1) is 6.61 Å². The van der Waals surface area contributed by atoms with E-state index in [1.165, 1.54) is 19.4 Å². The largest absolute Gasteiger partial charge is 0.377 e. The summed E-state index contributed by atoms with van der Waals surface area (Å²) in [5, 5.41) is 4.22. The zero-order chi connectivity index (χ0) is 11.9. The SMILES string of the molecule is Clc1ccccc1COCC[C@H]1CCCNC1. The second-order valence-corrected chi connectivity index (χ2v) is 5.05. The first-order valence-corrected chi connectivity index (χ1v) is 6.76. The van der Waals surface area contributed by atoms with Gasteiger partial charge < -0.3 is 10.1 Å². The molecular formula is C14H20ClNO. The Kier molecular flexibility index (Phi) is 5.30. The molecule has 1 aliphatic rings. The van der Waals surface area contributed by atoms with Gasteiger partial charge in [0.2, 0.25) is 0 Å². The average Bonchev–Trinajstić information content (AvgIpc) is 2.38. The molecule has 1 saturated heterocycles. The number of rotatable bonds is 5. The van der Waals surface area contributed by atoms with Crippen LogP contribution in [0.15, 0.2) is 24.3 Å². The number of benzene rings is 1. The summed E-state index contributed by atoms with van der Waals surface area (Å²) in [4.78, 5) is 0. The van der Waals surface area contributed by atoms with Gasteiger partial charge in [0.25, 0.3) is 0 Å². The Labute approximate surface area is 108 Å². The van der Waals surface area contributed by atoms with Crippen molar-refractivity contribution in [2.24, 2.45) is 5.92 Å². The van der Waals surface area contributed by atoms with Crippen LogP contribution in [0.5, 0.6) is 0 Å². The summed E-state index contributed by atoms with van der Waals surface area (Å²) in [7, 11) is 0. The van der Waals surface area contributed by atoms with Crippen LogP contribution in [0, 0.1) is 5.92 Å². The van der Waals surface area contributed by atoms with Crippen molar-refractivity contribution in [3.63, 3.8) is 0 Å². The van der Waals surface area contributed by atoms with Gasteiger partial charge in [-0.25, -0.2) is 0 Å². The molecule has 0 aromatic heterocycles. The first kappa shape index (κ1) is 12.9. The summed E-state index contributed by atoms with van der Waals surface area (Å²) in [5.74, 6) is 0.787. The molecule has 0 unspecified atom stereocenters. The van der Waals surface area contributed by atoms with Crippen molar-refractivity contribution in [1.82, 2.24) is 5.32 Å². The fourth-order valence-corrected chi connectivity index (χ4v) is 2.41. The van der Waals surface area contributed by atoms with Gasteiger partial charge in [-0.3, -0.25) is 0 Å². The van der Waals surface area contributed by atoms with Crippen LogP contribution in [-0.2, 0) is 11.3 Å². The molecule has 0 saturated carbocycles. The Morgan fingerprint density at radius 3 is 3.00 bits per heavy atom. The van der Waals surface area contributed by atoms with E-state index in [-0.39, 0.29) is 0 Å². The molecule has 0 aliphatic carbocycles. The standard InChI is InChI=1S/C14H20ClNO/c15-14-6-2-1-5-13(14)11-17-9-7-12-4-3-8-16-10-12/h1-2,5-6,12,16H,3-4,7-11H2/t12-/m1/s1. The minimum atomic E-state index is 0.625. The number of hydrogen-bond acceptors (Lipinski definition) is 2. The number of hydrogen-bond donors (Lipinski definition) is 1. The molecular weight excluding hydrogens is 234 g/mol. The number of piperidine rings is 1. The lowest BCUT2D eigenvalue weighted by Gasteiger charge is -2.22. The Morgan fingerprint density at radius 2 is 2.24 bits per heavy atom. The van der Waals surface area contributed by atoms with Crippen LogP contribution in [0.3, 0.4) is 0 Å². The molecule has 1 fully saturated rings. The van der Waals surface area contributed by atoms with Gasteiger partial charge in [-0.05, 0) is 49.9 Å². The molecule has 0 amide bonds. The Morgan fingerprint density at radius 1 is 1.35 bits per heavy atom. The highest BCUT2D eigenvalue weighted by Gasteiger charge is 2.12. The van der Waals surface area contributed by atoms with Gasteiger partial charge >= 0.3 is 0 Å². The van der Waals surface area contributed by atoms with Gasteiger partial charge in [0.1, 0.15) is 0 Å². The molecule has 1 aromatic carbocycles. The van der Waals surface area contributed by atoms with Gasteiger partial charge in [0, 0.05) is 11.6 Å². The second-order valence-electron chi connectivity index (χ2n) is 4.65. The first-order valence-electron chi connectivity index (χ1n) is 6.38. The molecule has 0 bridgehead atoms. The van der Waals surface area contributed by atoms with Crippen LogP contribution >= 0.6 is 11.6 Å². The van der Waals surface area contributed by atoms with Gasteiger partial charge in [-0.2, -0.15) is 0 Å². The van der Waals surface area contributed by atoms with Crippen molar-refractivity contribution in [3.05, 3.63) is 34.9 Å². The highest BCUT2D eigenvalue weighted by molar-refractivity contribution is 6.31. The van der Waals surface area contributed by atoms with E-state index >= 15 is 0 Å². The number of ether oxygens (including phenoxy) is 1. The highest BCUT2D eigenvalue weighted by Crippen LogP contribution is 2.17. The molecule has 17 heavy (non-hydrogen) atoms. The fraction of sp³-hybridized carbons (Fsp3) is 0.571. The summed E-state index contributed by atoms with van der Waals surface area (Å²) in [6.45, 7) is 3.78. The van der Waals surface area contributed by atoms with E-state index in [1.54, 1.807) is 0 Å². The minimum Gasteiger partial charge on any atom is -0.377 e. The van der Waals surface area contributed by atoms with Crippen LogP contribution in [0.4, 0.5) is 0 Å². The normalized spacial score (nSPS) is 20.4. The molecule has 1 N–H and O–H groups in total. The summed E-state index contributed by atoms with van der Waals surface area (Å²) in [5.41, 5.74) is 1.08. The monoisotopic (exact) mass is 253 g/mol. The van der Waals surface area contributed by atoms with Crippen molar-refractivity contribution in [2.45, 2.75) is 25.9 Å². The van der Waals surface area contributed by atoms with Crippen LogP contribution in [-0.4, -0.2) is 19.7 Å². The van der Waals surface area contributed by atoms with Crippen molar-refractivity contribution in [2.75, 3.05) is 19.7 Å². The smallest absolute Gasteiger partial charge is 0.0731 e. The number of nitrogens with one attached hydrogen (secondary N) is 1. The van der Waals surface area contributed by atoms with Crippen LogP contribution in [0.2, 0.25) is 5.02 Å². The first-order chi connectivity index (χ1) is 8.36. The van der Waals surface area contributed by atoms with E-state index in [0.717, 1.165) is 36.1 Å². The van der Waals surface area contributed by atoms with E-state index in [1.807, 2.05) is 24.3 Å². The third kappa shape index (κ3) is 4.30. The van der Waals surface area contributed by atoms with Crippen LogP contribution in [0.1, 0.15) is 24.8 Å². The van der Waals surface area contributed by atoms with Crippen LogP contribution in [0.25, 0.3) is 0 Å². The van der Waals surface area contributed by atoms with Crippen LogP contribution < -0.4 is 5.32 Å². The zero-order valence-electron chi connectivity index (χ0n) is 10.1. The zero-order valence-corrected chi connectivity index (χ0v) is 10.9. The third-order valence-corrected chi connectivity index (χ3v) is 3.65. The van der Waals surface area contributed by atoms with E-state index in [0.29, 0.717) is 6.61 Å². The lowest BCUT2D eigenvalue weighted by atomic mass is 9.97. The fourth-order valence-electron chi connectivity index (χ4n) is 2.22. The lowest BCUT2D eigenvalue weighted by Crippen LogP contribution is -2.30. The van der Waals surface area contributed by atoms with Gasteiger partial charge in [0.15, 0.2) is 0 Å². The van der Waals surface area contributed by atoms with Crippen molar-refractivity contribution in [3.8, 4) is 0 Å². The summed E-state index contributed by atoms with van der Waals surface area (Å²) in [6, 6.07) is 7.87. The molecule has 0 spiro atoms. The van der Waals surface area contributed by atoms with Crippen molar-refractivity contribution >= 4 is 11.6 Å². The van der Waals surface area contributed by atoms with E-state index in [2.05, 4.69) is 5.32 Å². The molecule has 1 aliphatic heterocycles. The predicted molar refractivity (Wildman–Crippen MR) is 71.3 cm³/mol. The predicted octanol–water partition coefficient (Wildman–Crippen LogP) is 3.25. The second kappa shape index (κ2) is 7.00. The quantitative estimate of drug-likeness (QED) is 0.814.